The Kier molecular flexibility index (Phi) is 3.28. The second kappa shape index (κ2) is 5.10. The van der Waals surface area contributed by atoms with Gasteiger partial charge in [-0.25, -0.2) is 0 Å². The maximum absolute atomic E-state index is 5.79. The fourth-order valence-corrected chi connectivity index (χ4v) is 2.73. The summed E-state index contributed by atoms with van der Waals surface area (Å²) in [5.74, 6) is 0. The smallest absolute Gasteiger partial charge is 0.104 e. The van der Waals surface area contributed by atoms with Crippen LogP contribution in [0.15, 0.2) is 54.7 Å². The van der Waals surface area contributed by atoms with E-state index in [-0.39, 0.29) is 0 Å². The molecule has 0 amide bonds. The maximum Gasteiger partial charge on any atom is 0.104 e. The highest BCUT2D eigenvalue weighted by Gasteiger charge is 2.08. The summed E-state index contributed by atoms with van der Waals surface area (Å²) in [6.45, 7) is 3.00. The zero-order valence-corrected chi connectivity index (χ0v) is 12.2. The van der Waals surface area contributed by atoms with Crippen molar-refractivity contribution >= 4 is 28.1 Å². The molecule has 0 radical (unpaired) electrons. The largest absolute Gasteiger partial charge is 0.389 e. The minimum absolute atomic E-state index is 0.448. The summed E-state index contributed by atoms with van der Waals surface area (Å²) >= 11 is 5.12. The van der Waals surface area contributed by atoms with Crippen LogP contribution in [-0.4, -0.2) is 9.56 Å². The van der Waals surface area contributed by atoms with Crippen molar-refractivity contribution < 1.29 is 0 Å². The first kappa shape index (κ1) is 12.9. The molecule has 0 atom stereocenters. The molecule has 0 aliphatic heterocycles. The Labute approximate surface area is 123 Å². The summed E-state index contributed by atoms with van der Waals surface area (Å²) in [4.78, 5) is 0.448. The van der Waals surface area contributed by atoms with Gasteiger partial charge in [-0.05, 0) is 30.2 Å². The molecule has 2 aromatic carbocycles. The van der Waals surface area contributed by atoms with Crippen LogP contribution in [0, 0.1) is 6.92 Å². The van der Waals surface area contributed by atoms with Crippen molar-refractivity contribution in [3.05, 3.63) is 71.4 Å². The summed E-state index contributed by atoms with van der Waals surface area (Å²) in [7, 11) is 0. The number of hydrogen-bond donors (Lipinski definition) is 1. The lowest BCUT2D eigenvalue weighted by Gasteiger charge is -2.09. The first-order valence-corrected chi connectivity index (χ1v) is 7.00. The predicted octanol–water partition coefficient (Wildman–Crippen LogP) is 3.63. The van der Waals surface area contributed by atoms with E-state index in [1.54, 1.807) is 0 Å². The lowest BCUT2D eigenvalue weighted by molar-refractivity contribution is 0.830. The number of rotatable bonds is 3. The zero-order valence-electron chi connectivity index (χ0n) is 11.3. The zero-order chi connectivity index (χ0) is 14.1. The number of nitrogens with two attached hydrogens (primary N) is 1. The van der Waals surface area contributed by atoms with Crippen LogP contribution in [0.25, 0.3) is 10.9 Å². The number of aryl methyl sites for hydroxylation is 1. The van der Waals surface area contributed by atoms with E-state index >= 15 is 0 Å². The molecule has 100 valence electrons. The van der Waals surface area contributed by atoms with Gasteiger partial charge in [-0.1, -0.05) is 48.6 Å². The first-order chi connectivity index (χ1) is 9.66. The fourth-order valence-electron chi connectivity index (χ4n) is 2.55. The van der Waals surface area contributed by atoms with Crippen LogP contribution in [0.5, 0.6) is 0 Å². The van der Waals surface area contributed by atoms with Crippen LogP contribution < -0.4 is 5.73 Å². The SMILES string of the molecule is Cc1ccccc1Cn1ccc2c(C(N)=S)cccc21. The van der Waals surface area contributed by atoms with E-state index in [0.717, 1.165) is 17.5 Å². The predicted molar refractivity (Wildman–Crippen MR) is 88.1 cm³/mol. The standard InChI is InChI=1S/C17H16N2S/c1-12-5-2-3-6-13(12)11-19-10-9-14-15(17(18)20)7-4-8-16(14)19/h2-10H,11H2,1H3,(H2,18,20). The van der Waals surface area contributed by atoms with Crippen molar-refractivity contribution in [1.82, 2.24) is 4.57 Å². The minimum Gasteiger partial charge on any atom is -0.389 e. The van der Waals surface area contributed by atoms with Gasteiger partial charge in [0.15, 0.2) is 0 Å². The van der Waals surface area contributed by atoms with Crippen LogP contribution in [0.4, 0.5) is 0 Å². The molecule has 0 unspecified atom stereocenters. The Bertz CT molecular complexity index is 787. The molecule has 2 nitrogen and oxygen atoms in total. The number of fused-ring (bicyclic) bond motifs is 1. The van der Waals surface area contributed by atoms with Gasteiger partial charge in [-0.15, -0.1) is 0 Å². The van der Waals surface area contributed by atoms with Gasteiger partial charge in [0, 0.05) is 29.2 Å². The monoisotopic (exact) mass is 280 g/mol. The highest BCUT2D eigenvalue weighted by molar-refractivity contribution is 7.80. The molecule has 0 aliphatic rings. The van der Waals surface area contributed by atoms with E-state index in [2.05, 4.69) is 54.1 Å². The molecular weight excluding hydrogens is 264 g/mol. The van der Waals surface area contributed by atoms with Gasteiger partial charge in [0.2, 0.25) is 0 Å². The average Bonchev–Trinajstić information content (AvgIpc) is 2.84. The van der Waals surface area contributed by atoms with Gasteiger partial charge in [0.05, 0.1) is 0 Å². The lowest BCUT2D eigenvalue weighted by Crippen LogP contribution is -2.09. The van der Waals surface area contributed by atoms with E-state index in [1.165, 1.54) is 16.6 Å². The van der Waals surface area contributed by atoms with Crippen LogP contribution in [0.2, 0.25) is 0 Å². The number of benzene rings is 2. The van der Waals surface area contributed by atoms with E-state index in [4.69, 9.17) is 18.0 Å². The van der Waals surface area contributed by atoms with Crippen LogP contribution in [0.3, 0.4) is 0 Å². The van der Waals surface area contributed by atoms with Crippen LogP contribution in [-0.2, 0) is 6.54 Å². The van der Waals surface area contributed by atoms with E-state index in [9.17, 15) is 0 Å². The number of aromatic nitrogens is 1. The Balaban J connectivity index is 2.08. The number of thiocarbonyl (C=S) groups is 1. The normalized spacial score (nSPS) is 10.8. The van der Waals surface area contributed by atoms with Crippen LogP contribution in [0.1, 0.15) is 16.7 Å². The molecular formula is C17H16N2S. The van der Waals surface area contributed by atoms with Gasteiger partial charge in [-0.2, -0.15) is 0 Å². The number of nitrogens with zero attached hydrogens (tertiary/aromatic N) is 1. The molecule has 0 fully saturated rings. The van der Waals surface area contributed by atoms with Crippen molar-refractivity contribution in [3.8, 4) is 0 Å². The third-order valence-corrected chi connectivity index (χ3v) is 3.90. The van der Waals surface area contributed by atoms with Crippen molar-refractivity contribution in [2.75, 3.05) is 0 Å². The molecule has 0 aliphatic carbocycles. The second-order valence-electron chi connectivity index (χ2n) is 4.97. The molecule has 2 N–H and O–H groups in total. The average molecular weight is 280 g/mol. The van der Waals surface area contributed by atoms with Crippen molar-refractivity contribution in [3.63, 3.8) is 0 Å². The van der Waals surface area contributed by atoms with Crippen molar-refractivity contribution in [2.24, 2.45) is 5.73 Å². The Hall–Kier alpha value is -2.13. The minimum atomic E-state index is 0.448. The van der Waals surface area contributed by atoms with Gasteiger partial charge in [0.25, 0.3) is 0 Å². The molecule has 3 heteroatoms. The molecule has 1 heterocycles. The quantitative estimate of drug-likeness (QED) is 0.743. The van der Waals surface area contributed by atoms with E-state index in [0.29, 0.717) is 4.99 Å². The Morgan fingerprint density at radius 3 is 2.65 bits per heavy atom. The first-order valence-electron chi connectivity index (χ1n) is 6.59. The van der Waals surface area contributed by atoms with Gasteiger partial charge < -0.3 is 10.3 Å². The third kappa shape index (κ3) is 2.21. The van der Waals surface area contributed by atoms with Crippen molar-refractivity contribution in [2.45, 2.75) is 13.5 Å². The summed E-state index contributed by atoms with van der Waals surface area (Å²) in [6.07, 6.45) is 2.10. The second-order valence-corrected chi connectivity index (χ2v) is 5.41. The Morgan fingerprint density at radius 2 is 1.90 bits per heavy atom. The summed E-state index contributed by atoms with van der Waals surface area (Å²) in [5, 5.41) is 1.12. The molecule has 20 heavy (non-hydrogen) atoms. The lowest BCUT2D eigenvalue weighted by atomic mass is 10.1. The highest BCUT2D eigenvalue weighted by Crippen LogP contribution is 2.22. The summed E-state index contributed by atoms with van der Waals surface area (Å²) in [6, 6.07) is 16.6. The van der Waals surface area contributed by atoms with E-state index in [1.807, 2.05) is 12.1 Å². The summed E-state index contributed by atoms with van der Waals surface area (Å²) in [5.41, 5.74) is 10.5. The fraction of sp³-hybridized carbons (Fsp3) is 0.118. The molecule has 0 saturated heterocycles. The molecule has 0 spiro atoms. The molecule has 3 rings (SSSR count). The topological polar surface area (TPSA) is 30.9 Å². The summed E-state index contributed by atoms with van der Waals surface area (Å²) < 4.78 is 2.24. The molecule has 1 aromatic heterocycles. The molecule has 0 bridgehead atoms. The van der Waals surface area contributed by atoms with Crippen molar-refractivity contribution in [1.29, 1.82) is 0 Å². The van der Waals surface area contributed by atoms with Gasteiger partial charge in [-0.3, -0.25) is 0 Å². The van der Waals surface area contributed by atoms with Crippen LogP contribution >= 0.6 is 12.2 Å². The highest BCUT2D eigenvalue weighted by atomic mass is 32.1. The van der Waals surface area contributed by atoms with Gasteiger partial charge >= 0.3 is 0 Å². The number of hydrogen-bond acceptors (Lipinski definition) is 1. The molecule has 0 saturated carbocycles. The van der Waals surface area contributed by atoms with Gasteiger partial charge in [0.1, 0.15) is 4.99 Å². The molecule has 3 aromatic rings. The Morgan fingerprint density at radius 1 is 1.10 bits per heavy atom. The maximum atomic E-state index is 5.79. The van der Waals surface area contributed by atoms with E-state index < -0.39 is 0 Å². The third-order valence-electron chi connectivity index (χ3n) is 3.68.